The van der Waals surface area contributed by atoms with Gasteiger partial charge in [0.25, 0.3) is 0 Å². The Hall–Kier alpha value is -1.27. The summed E-state index contributed by atoms with van der Waals surface area (Å²) in [6.45, 7) is 1.37. The standard InChI is InChI=1S/C12H14BrN3OS/c1-14-12(15-7-9-3-2-5-17-9)16-8-11-10(13)4-6-18-11/h2-6H,7-8H2,1H3,(H2,14,15,16). The maximum absolute atomic E-state index is 5.25. The van der Waals surface area contributed by atoms with Gasteiger partial charge in [0.2, 0.25) is 0 Å². The van der Waals surface area contributed by atoms with E-state index in [2.05, 4.69) is 36.9 Å². The topological polar surface area (TPSA) is 49.6 Å². The summed E-state index contributed by atoms with van der Waals surface area (Å²) in [6.07, 6.45) is 1.66. The van der Waals surface area contributed by atoms with Crippen molar-refractivity contribution in [3.8, 4) is 0 Å². The average molecular weight is 328 g/mol. The van der Waals surface area contributed by atoms with Crippen LogP contribution in [0.5, 0.6) is 0 Å². The van der Waals surface area contributed by atoms with Gasteiger partial charge in [-0.05, 0) is 39.5 Å². The second-order valence-electron chi connectivity index (χ2n) is 3.55. The minimum Gasteiger partial charge on any atom is -0.467 e. The first-order chi connectivity index (χ1) is 8.79. The zero-order valence-electron chi connectivity index (χ0n) is 9.94. The van der Waals surface area contributed by atoms with E-state index in [1.807, 2.05) is 18.2 Å². The van der Waals surface area contributed by atoms with Crippen LogP contribution in [0.1, 0.15) is 10.6 Å². The number of aliphatic imine (C=N–C) groups is 1. The molecule has 0 aromatic carbocycles. The molecule has 0 aliphatic carbocycles. The molecular weight excluding hydrogens is 314 g/mol. The maximum atomic E-state index is 5.25. The van der Waals surface area contributed by atoms with E-state index < -0.39 is 0 Å². The number of nitrogens with one attached hydrogen (secondary N) is 2. The van der Waals surface area contributed by atoms with Crippen LogP contribution in [0.2, 0.25) is 0 Å². The number of thiophene rings is 1. The molecule has 2 aromatic heterocycles. The lowest BCUT2D eigenvalue weighted by Crippen LogP contribution is -2.36. The van der Waals surface area contributed by atoms with Crippen molar-refractivity contribution in [2.24, 2.45) is 4.99 Å². The van der Waals surface area contributed by atoms with Gasteiger partial charge < -0.3 is 15.1 Å². The fraction of sp³-hybridized carbons (Fsp3) is 0.250. The summed E-state index contributed by atoms with van der Waals surface area (Å²) in [4.78, 5) is 5.40. The Kier molecular flexibility index (Phi) is 4.83. The van der Waals surface area contributed by atoms with Gasteiger partial charge in [0.1, 0.15) is 5.76 Å². The van der Waals surface area contributed by atoms with Gasteiger partial charge in [0.05, 0.1) is 19.4 Å². The van der Waals surface area contributed by atoms with Crippen LogP contribution >= 0.6 is 27.3 Å². The molecule has 96 valence electrons. The SMILES string of the molecule is CN=C(NCc1ccco1)NCc1sccc1Br. The third-order valence-corrected chi connectivity index (χ3v) is 4.27. The number of furan rings is 1. The Morgan fingerprint density at radius 1 is 1.39 bits per heavy atom. The van der Waals surface area contributed by atoms with Crippen LogP contribution in [-0.2, 0) is 13.1 Å². The maximum Gasteiger partial charge on any atom is 0.191 e. The molecule has 0 fully saturated rings. The molecule has 0 aliphatic rings. The quantitative estimate of drug-likeness (QED) is 0.670. The van der Waals surface area contributed by atoms with E-state index in [1.54, 1.807) is 24.6 Å². The van der Waals surface area contributed by atoms with Gasteiger partial charge in [-0.1, -0.05) is 0 Å². The van der Waals surface area contributed by atoms with Crippen LogP contribution < -0.4 is 10.6 Å². The van der Waals surface area contributed by atoms with Crippen molar-refractivity contribution in [2.75, 3.05) is 7.05 Å². The largest absolute Gasteiger partial charge is 0.467 e. The van der Waals surface area contributed by atoms with Gasteiger partial charge in [0.15, 0.2) is 5.96 Å². The molecule has 18 heavy (non-hydrogen) atoms. The fourth-order valence-corrected chi connectivity index (χ4v) is 2.85. The molecule has 0 aliphatic heterocycles. The average Bonchev–Trinajstić information content (AvgIpc) is 3.01. The van der Waals surface area contributed by atoms with Crippen LogP contribution in [-0.4, -0.2) is 13.0 Å². The molecule has 4 nitrogen and oxygen atoms in total. The zero-order valence-corrected chi connectivity index (χ0v) is 12.3. The van der Waals surface area contributed by atoms with Crippen molar-refractivity contribution < 1.29 is 4.42 Å². The van der Waals surface area contributed by atoms with E-state index in [-0.39, 0.29) is 0 Å². The summed E-state index contributed by atoms with van der Waals surface area (Å²) in [6, 6.07) is 5.84. The fourth-order valence-electron chi connectivity index (χ4n) is 1.42. The molecule has 2 aromatic rings. The lowest BCUT2D eigenvalue weighted by molar-refractivity contribution is 0.501. The van der Waals surface area contributed by atoms with Crippen LogP contribution in [0, 0.1) is 0 Å². The molecule has 0 radical (unpaired) electrons. The third kappa shape index (κ3) is 3.61. The Morgan fingerprint density at radius 3 is 2.83 bits per heavy atom. The van der Waals surface area contributed by atoms with Crippen molar-refractivity contribution in [3.63, 3.8) is 0 Å². The van der Waals surface area contributed by atoms with Crippen molar-refractivity contribution in [2.45, 2.75) is 13.1 Å². The Morgan fingerprint density at radius 2 is 2.22 bits per heavy atom. The summed E-state index contributed by atoms with van der Waals surface area (Å²) in [5.74, 6) is 1.64. The Balaban J connectivity index is 1.81. The number of rotatable bonds is 4. The van der Waals surface area contributed by atoms with Crippen molar-refractivity contribution >= 4 is 33.2 Å². The van der Waals surface area contributed by atoms with Crippen LogP contribution in [0.15, 0.2) is 43.7 Å². The number of halogens is 1. The van der Waals surface area contributed by atoms with Crippen molar-refractivity contribution in [1.82, 2.24) is 10.6 Å². The lowest BCUT2D eigenvalue weighted by atomic mass is 10.4. The van der Waals surface area contributed by atoms with Crippen LogP contribution in [0.3, 0.4) is 0 Å². The van der Waals surface area contributed by atoms with Gasteiger partial charge in [-0.15, -0.1) is 11.3 Å². The predicted octanol–water partition coefficient (Wildman–Crippen LogP) is 2.97. The molecule has 0 unspecified atom stereocenters. The van der Waals surface area contributed by atoms with Crippen LogP contribution in [0.25, 0.3) is 0 Å². The highest BCUT2D eigenvalue weighted by Crippen LogP contribution is 2.21. The first-order valence-electron chi connectivity index (χ1n) is 5.48. The number of nitrogens with zero attached hydrogens (tertiary/aromatic N) is 1. The molecule has 0 saturated heterocycles. The monoisotopic (exact) mass is 327 g/mol. The molecule has 0 saturated carbocycles. The lowest BCUT2D eigenvalue weighted by Gasteiger charge is -2.10. The van der Waals surface area contributed by atoms with Gasteiger partial charge in [-0.25, -0.2) is 0 Å². The number of guanidine groups is 1. The first-order valence-corrected chi connectivity index (χ1v) is 7.15. The van der Waals surface area contributed by atoms with E-state index in [9.17, 15) is 0 Å². The molecule has 0 bridgehead atoms. The second-order valence-corrected chi connectivity index (χ2v) is 5.41. The predicted molar refractivity (Wildman–Crippen MR) is 77.8 cm³/mol. The van der Waals surface area contributed by atoms with Gasteiger partial charge in [-0.3, -0.25) is 4.99 Å². The normalized spacial score (nSPS) is 11.6. The molecule has 6 heteroatoms. The van der Waals surface area contributed by atoms with Crippen LogP contribution in [0.4, 0.5) is 0 Å². The summed E-state index contributed by atoms with van der Waals surface area (Å²) in [7, 11) is 1.75. The minimum atomic E-state index is 0.623. The molecular formula is C12H14BrN3OS. The molecule has 0 atom stereocenters. The summed E-state index contributed by atoms with van der Waals surface area (Å²) in [5.41, 5.74) is 0. The molecule has 2 heterocycles. The molecule has 2 N–H and O–H groups in total. The summed E-state index contributed by atoms with van der Waals surface area (Å²) >= 11 is 5.21. The van der Waals surface area contributed by atoms with Gasteiger partial charge >= 0.3 is 0 Å². The summed E-state index contributed by atoms with van der Waals surface area (Å²) < 4.78 is 6.37. The smallest absolute Gasteiger partial charge is 0.191 e. The number of hydrogen-bond donors (Lipinski definition) is 2. The van der Waals surface area contributed by atoms with E-state index >= 15 is 0 Å². The minimum absolute atomic E-state index is 0.623. The third-order valence-electron chi connectivity index (χ3n) is 2.34. The molecule has 0 amide bonds. The zero-order chi connectivity index (χ0) is 12.8. The highest BCUT2D eigenvalue weighted by atomic mass is 79.9. The molecule has 2 rings (SSSR count). The first kappa shape index (κ1) is 13.2. The second kappa shape index (κ2) is 6.61. The Labute approximate surface area is 118 Å². The Bertz CT molecular complexity index is 507. The van der Waals surface area contributed by atoms with Gasteiger partial charge in [-0.2, -0.15) is 0 Å². The summed E-state index contributed by atoms with van der Waals surface area (Å²) in [5, 5.41) is 8.50. The van der Waals surface area contributed by atoms with E-state index in [4.69, 9.17) is 4.42 Å². The van der Waals surface area contributed by atoms with Crippen molar-refractivity contribution in [1.29, 1.82) is 0 Å². The molecule has 0 spiro atoms. The van der Waals surface area contributed by atoms with Gasteiger partial charge in [0, 0.05) is 16.4 Å². The van der Waals surface area contributed by atoms with E-state index in [0.717, 1.165) is 22.7 Å². The highest BCUT2D eigenvalue weighted by molar-refractivity contribution is 9.10. The van der Waals surface area contributed by atoms with E-state index in [1.165, 1.54) is 4.88 Å². The highest BCUT2D eigenvalue weighted by Gasteiger charge is 2.03. The number of hydrogen-bond acceptors (Lipinski definition) is 3. The van der Waals surface area contributed by atoms with E-state index in [0.29, 0.717) is 6.54 Å². The van der Waals surface area contributed by atoms with Crippen molar-refractivity contribution in [3.05, 3.63) is 45.0 Å².